The molecule has 1 heterocycles. The van der Waals surface area contributed by atoms with Gasteiger partial charge in [-0.3, -0.25) is 0 Å². The van der Waals surface area contributed by atoms with Gasteiger partial charge in [0.1, 0.15) is 11.9 Å². The Kier molecular flexibility index (Phi) is 7.46. The maximum atomic E-state index is 6.06. The van der Waals surface area contributed by atoms with Gasteiger partial charge in [-0.1, -0.05) is 0 Å². The van der Waals surface area contributed by atoms with Crippen molar-refractivity contribution in [3.8, 4) is 5.75 Å². The Labute approximate surface area is 142 Å². The number of rotatable bonds is 7. The van der Waals surface area contributed by atoms with E-state index in [9.17, 15) is 0 Å². The standard InChI is InChI=1S/C15H21Br2NO3/c1-19-6-4-18-9-11-7-13(16)15(14(17)8-11)21-12-3-2-5-20-10-12/h7-8,12,18H,2-6,9-10H2,1H3. The van der Waals surface area contributed by atoms with Crippen LogP contribution in [0.15, 0.2) is 21.1 Å². The van der Waals surface area contributed by atoms with Crippen molar-refractivity contribution in [3.63, 3.8) is 0 Å². The molecular formula is C15H21Br2NO3. The van der Waals surface area contributed by atoms with E-state index in [-0.39, 0.29) is 6.10 Å². The molecule has 0 aromatic heterocycles. The summed E-state index contributed by atoms with van der Waals surface area (Å²) in [5.74, 6) is 0.853. The maximum absolute atomic E-state index is 6.06. The lowest BCUT2D eigenvalue weighted by Gasteiger charge is -2.24. The van der Waals surface area contributed by atoms with Crippen molar-refractivity contribution < 1.29 is 14.2 Å². The third kappa shape index (κ3) is 5.53. The van der Waals surface area contributed by atoms with Crippen molar-refractivity contribution in [1.82, 2.24) is 5.32 Å². The van der Waals surface area contributed by atoms with E-state index in [1.807, 2.05) is 0 Å². The molecule has 4 nitrogen and oxygen atoms in total. The fourth-order valence-corrected chi connectivity index (χ4v) is 3.67. The van der Waals surface area contributed by atoms with Crippen molar-refractivity contribution in [1.29, 1.82) is 0 Å². The SMILES string of the molecule is COCCNCc1cc(Br)c(OC2CCCOC2)c(Br)c1. The average Bonchev–Trinajstić information content (AvgIpc) is 2.48. The van der Waals surface area contributed by atoms with Gasteiger partial charge in [-0.25, -0.2) is 0 Å². The molecule has 6 heteroatoms. The van der Waals surface area contributed by atoms with E-state index in [0.717, 1.165) is 47.2 Å². The highest BCUT2D eigenvalue weighted by molar-refractivity contribution is 9.11. The number of methoxy groups -OCH3 is 1. The number of benzene rings is 1. The molecule has 1 aromatic rings. The third-order valence-electron chi connectivity index (χ3n) is 3.27. The van der Waals surface area contributed by atoms with Gasteiger partial charge < -0.3 is 19.5 Å². The Balaban J connectivity index is 1.95. The number of halogens is 2. The first-order valence-corrected chi connectivity index (χ1v) is 8.71. The zero-order valence-corrected chi connectivity index (χ0v) is 15.3. The summed E-state index contributed by atoms with van der Waals surface area (Å²) in [6, 6.07) is 4.17. The van der Waals surface area contributed by atoms with E-state index in [2.05, 4.69) is 49.3 Å². The topological polar surface area (TPSA) is 39.7 Å². The summed E-state index contributed by atoms with van der Waals surface area (Å²) >= 11 is 7.20. The minimum absolute atomic E-state index is 0.136. The van der Waals surface area contributed by atoms with Crippen molar-refractivity contribution in [2.75, 3.05) is 33.5 Å². The highest BCUT2D eigenvalue weighted by atomic mass is 79.9. The van der Waals surface area contributed by atoms with E-state index < -0.39 is 0 Å². The lowest BCUT2D eigenvalue weighted by atomic mass is 10.1. The molecule has 1 N–H and O–H groups in total. The molecule has 1 aliphatic rings. The van der Waals surface area contributed by atoms with Crippen molar-refractivity contribution >= 4 is 31.9 Å². The molecule has 0 radical (unpaired) electrons. The number of hydrogen-bond acceptors (Lipinski definition) is 4. The van der Waals surface area contributed by atoms with Gasteiger partial charge in [0.15, 0.2) is 0 Å². The third-order valence-corrected chi connectivity index (χ3v) is 4.45. The van der Waals surface area contributed by atoms with Gasteiger partial charge in [0.05, 0.1) is 22.2 Å². The predicted octanol–water partition coefficient (Wildman–Crippen LogP) is 3.51. The van der Waals surface area contributed by atoms with Crippen molar-refractivity contribution in [2.24, 2.45) is 0 Å². The normalized spacial score (nSPS) is 18.7. The first-order valence-electron chi connectivity index (χ1n) is 7.12. The van der Waals surface area contributed by atoms with Crippen LogP contribution < -0.4 is 10.1 Å². The molecule has 1 aliphatic heterocycles. The van der Waals surface area contributed by atoms with Gasteiger partial charge in [0, 0.05) is 26.8 Å². The van der Waals surface area contributed by atoms with Gasteiger partial charge in [-0.05, 0) is 62.4 Å². The van der Waals surface area contributed by atoms with E-state index in [1.54, 1.807) is 7.11 Å². The van der Waals surface area contributed by atoms with Crippen LogP contribution in [0.4, 0.5) is 0 Å². The maximum Gasteiger partial charge on any atom is 0.148 e. The smallest absolute Gasteiger partial charge is 0.148 e. The van der Waals surface area contributed by atoms with Crippen LogP contribution >= 0.6 is 31.9 Å². The minimum Gasteiger partial charge on any atom is -0.486 e. The van der Waals surface area contributed by atoms with E-state index in [4.69, 9.17) is 14.2 Å². The molecule has 0 amide bonds. The molecule has 21 heavy (non-hydrogen) atoms. The second-order valence-electron chi connectivity index (χ2n) is 5.02. The lowest BCUT2D eigenvalue weighted by molar-refractivity contribution is 0.00678. The van der Waals surface area contributed by atoms with Gasteiger partial charge in [-0.15, -0.1) is 0 Å². The van der Waals surface area contributed by atoms with Crippen LogP contribution in [0.5, 0.6) is 5.75 Å². The molecular weight excluding hydrogens is 402 g/mol. The summed E-state index contributed by atoms with van der Waals surface area (Å²) in [5, 5.41) is 3.33. The molecule has 1 unspecified atom stereocenters. The number of hydrogen-bond donors (Lipinski definition) is 1. The Morgan fingerprint density at radius 2 is 2.10 bits per heavy atom. The lowest BCUT2D eigenvalue weighted by Crippen LogP contribution is -2.28. The summed E-state index contributed by atoms with van der Waals surface area (Å²) < 4.78 is 18.5. The van der Waals surface area contributed by atoms with Gasteiger partial charge in [0.25, 0.3) is 0 Å². The monoisotopic (exact) mass is 421 g/mol. The Morgan fingerprint density at radius 1 is 1.33 bits per heavy atom. The molecule has 1 saturated heterocycles. The molecule has 118 valence electrons. The second kappa shape index (κ2) is 9.10. The Hall–Kier alpha value is -0.140. The van der Waals surface area contributed by atoms with Crippen LogP contribution in [0.2, 0.25) is 0 Å². The Bertz CT molecular complexity index is 428. The van der Waals surface area contributed by atoms with Crippen molar-refractivity contribution in [2.45, 2.75) is 25.5 Å². The van der Waals surface area contributed by atoms with Gasteiger partial charge >= 0.3 is 0 Å². The first-order chi connectivity index (χ1) is 10.2. The molecule has 1 aromatic carbocycles. The van der Waals surface area contributed by atoms with Crippen LogP contribution in [0.1, 0.15) is 18.4 Å². The molecule has 0 saturated carbocycles. The highest BCUT2D eigenvalue weighted by Gasteiger charge is 2.18. The van der Waals surface area contributed by atoms with E-state index >= 15 is 0 Å². The molecule has 0 bridgehead atoms. The first kappa shape index (κ1) is 17.2. The van der Waals surface area contributed by atoms with Crippen LogP contribution in [-0.2, 0) is 16.0 Å². The molecule has 0 spiro atoms. The van der Waals surface area contributed by atoms with Gasteiger partial charge in [0.2, 0.25) is 0 Å². The zero-order valence-electron chi connectivity index (χ0n) is 12.2. The predicted molar refractivity (Wildman–Crippen MR) is 89.9 cm³/mol. The quantitative estimate of drug-likeness (QED) is 0.682. The largest absolute Gasteiger partial charge is 0.486 e. The molecule has 2 rings (SSSR count). The summed E-state index contributed by atoms with van der Waals surface area (Å²) in [6.45, 7) is 3.86. The van der Waals surface area contributed by atoms with Crippen LogP contribution in [-0.4, -0.2) is 39.6 Å². The molecule has 1 fully saturated rings. The summed E-state index contributed by atoms with van der Waals surface area (Å²) in [4.78, 5) is 0. The summed E-state index contributed by atoms with van der Waals surface area (Å²) in [5.41, 5.74) is 1.19. The number of nitrogens with one attached hydrogen (secondary N) is 1. The van der Waals surface area contributed by atoms with Gasteiger partial charge in [-0.2, -0.15) is 0 Å². The second-order valence-corrected chi connectivity index (χ2v) is 6.72. The van der Waals surface area contributed by atoms with E-state index in [1.165, 1.54) is 5.56 Å². The molecule has 1 atom stereocenters. The Morgan fingerprint density at radius 3 is 2.71 bits per heavy atom. The van der Waals surface area contributed by atoms with Crippen molar-refractivity contribution in [3.05, 3.63) is 26.6 Å². The zero-order chi connectivity index (χ0) is 15.1. The molecule has 0 aliphatic carbocycles. The van der Waals surface area contributed by atoms with Crippen LogP contribution in [0.25, 0.3) is 0 Å². The summed E-state index contributed by atoms with van der Waals surface area (Å²) in [6.07, 6.45) is 2.23. The summed E-state index contributed by atoms with van der Waals surface area (Å²) in [7, 11) is 1.70. The van der Waals surface area contributed by atoms with E-state index in [0.29, 0.717) is 13.2 Å². The fourth-order valence-electron chi connectivity index (χ4n) is 2.20. The minimum atomic E-state index is 0.136. The fraction of sp³-hybridized carbons (Fsp3) is 0.600. The highest BCUT2D eigenvalue weighted by Crippen LogP contribution is 2.36. The van der Waals surface area contributed by atoms with Crippen LogP contribution in [0, 0.1) is 0 Å². The number of ether oxygens (including phenoxy) is 3. The van der Waals surface area contributed by atoms with Crippen LogP contribution in [0.3, 0.4) is 0 Å². The average molecular weight is 423 g/mol.